The fraction of sp³-hybridized carbons (Fsp3) is 0.364. The number of anilines is 1. The van der Waals surface area contributed by atoms with Crippen molar-refractivity contribution in [2.45, 2.75) is 25.0 Å². The molecule has 1 spiro atoms. The number of nitro groups is 1. The fourth-order valence-corrected chi connectivity index (χ4v) is 4.53. The van der Waals surface area contributed by atoms with E-state index in [9.17, 15) is 10.1 Å². The normalized spacial score (nSPS) is 20.4. The van der Waals surface area contributed by atoms with E-state index in [0.717, 1.165) is 11.3 Å². The first-order chi connectivity index (χ1) is 14.2. The smallest absolute Gasteiger partial charge is 0.274 e. The number of nitro benzene ring substituents is 1. The van der Waals surface area contributed by atoms with Crippen molar-refractivity contribution >= 4 is 17.5 Å². The number of nitrogens with zero attached hydrogens (tertiary/aromatic N) is 2. The van der Waals surface area contributed by atoms with Crippen LogP contribution in [0.4, 0.5) is 11.4 Å². The first kappa shape index (κ1) is 19.9. The zero-order valence-corrected chi connectivity index (χ0v) is 17.8. The minimum absolute atomic E-state index is 0.0523. The fourth-order valence-electron chi connectivity index (χ4n) is 4.53. The van der Waals surface area contributed by atoms with Crippen LogP contribution in [0.3, 0.4) is 0 Å². The summed E-state index contributed by atoms with van der Waals surface area (Å²) in [7, 11) is 6.66. The van der Waals surface area contributed by atoms with E-state index in [0.29, 0.717) is 28.6 Å². The molecule has 0 saturated carbocycles. The molecule has 0 amide bonds. The number of methoxy groups -OCH3 is 3. The Kier molecular flexibility index (Phi) is 4.34. The van der Waals surface area contributed by atoms with Crippen molar-refractivity contribution in [1.29, 1.82) is 0 Å². The van der Waals surface area contributed by atoms with Gasteiger partial charge in [-0.2, -0.15) is 0 Å². The lowest BCUT2D eigenvalue weighted by Crippen LogP contribution is -2.58. The summed E-state index contributed by atoms with van der Waals surface area (Å²) in [5, 5.41) is 11.3. The molecule has 0 N–H and O–H groups in total. The van der Waals surface area contributed by atoms with Crippen LogP contribution in [0.2, 0.25) is 0 Å². The molecule has 0 aromatic heterocycles. The van der Waals surface area contributed by atoms with E-state index >= 15 is 0 Å². The quantitative estimate of drug-likeness (QED) is 0.551. The molecule has 1 unspecified atom stereocenters. The summed E-state index contributed by atoms with van der Waals surface area (Å²) in [6.07, 6.45) is 3.78. The number of benzene rings is 2. The van der Waals surface area contributed by atoms with Gasteiger partial charge < -0.3 is 23.8 Å². The van der Waals surface area contributed by atoms with Crippen LogP contribution >= 0.6 is 0 Å². The van der Waals surface area contributed by atoms with Crippen molar-refractivity contribution in [3.63, 3.8) is 0 Å². The lowest BCUT2D eigenvalue weighted by molar-refractivity contribution is -0.385. The zero-order chi connectivity index (χ0) is 21.8. The van der Waals surface area contributed by atoms with Gasteiger partial charge in [0.1, 0.15) is 11.5 Å². The second-order valence-electron chi connectivity index (χ2n) is 7.86. The third kappa shape index (κ3) is 2.46. The second-order valence-corrected chi connectivity index (χ2v) is 7.86. The van der Waals surface area contributed by atoms with Crippen LogP contribution in [0.5, 0.6) is 23.0 Å². The van der Waals surface area contributed by atoms with Crippen molar-refractivity contribution < 1.29 is 23.9 Å². The van der Waals surface area contributed by atoms with Gasteiger partial charge in [-0.25, -0.2) is 0 Å². The number of non-ortho nitro benzene ring substituents is 1. The van der Waals surface area contributed by atoms with E-state index in [1.807, 2.05) is 36.2 Å². The van der Waals surface area contributed by atoms with Gasteiger partial charge in [-0.1, -0.05) is 0 Å². The summed E-state index contributed by atoms with van der Waals surface area (Å²) in [6.45, 7) is 4.16. The highest BCUT2D eigenvalue weighted by Crippen LogP contribution is 2.59. The number of rotatable bonds is 4. The average Bonchev–Trinajstić information content (AvgIpc) is 2.90. The Morgan fingerprint density at radius 2 is 1.73 bits per heavy atom. The van der Waals surface area contributed by atoms with Crippen LogP contribution in [0.15, 0.2) is 30.3 Å². The molecule has 2 aliphatic heterocycles. The van der Waals surface area contributed by atoms with Crippen LogP contribution in [-0.4, -0.2) is 39.0 Å². The highest BCUT2D eigenvalue weighted by Gasteiger charge is 2.59. The molecule has 0 bridgehead atoms. The molecule has 1 atom stereocenters. The number of hydrogen-bond donors (Lipinski definition) is 0. The van der Waals surface area contributed by atoms with Gasteiger partial charge in [0.2, 0.25) is 5.72 Å². The monoisotopic (exact) mass is 412 g/mol. The highest BCUT2D eigenvalue weighted by molar-refractivity contribution is 5.77. The first-order valence-electron chi connectivity index (χ1n) is 9.45. The lowest BCUT2D eigenvalue weighted by Gasteiger charge is -2.45. The standard InChI is InChI=1S/C22H24N2O6/c1-21(2)19-16(11-15(27-4)12-17(19)28-5)23(3)22(21)8-7-13-9-14(24(25)26)10-18(29-6)20(13)30-22/h7-12H,1-6H3. The third-order valence-corrected chi connectivity index (χ3v) is 6.14. The summed E-state index contributed by atoms with van der Waals surface area (Å²) < 4.78 is 23.2. The van der Waals surface area contributed by atoms with Gasteiger partial charge in [-0.15, -0.1) is 0 Å². The van der Waals surface area contributed by atoms with Crippen molar-refractivity contribution in [2.75, 3.05) is 33.3 Å². The maximum absolute atomic E-state index is 11.3. The topological polar surface area (TPSA) is 83.3 Å². The molecule has 2 aromatic carbocycles. The molecular weight excluding hydrogens is 388 g/mol. The molecule has 0 saturated heterocycles. The second kappa shape index (κ2) is 6.55. The maximum atomic E-state index is 11.3. The summed E-state index contributed by atoms with van der Waals surface area (Å²) >= 11 is 0. The van der Waals surface area contributed by atoms with Crippen LogP contribution in [0.1, 0.15) is 25.0 Å². The number of fused-ring (bicyclic) bond motifs is 2. The molecule has 158 valence electrons. The van der Waals surface area contributed by atoms with Gasteiger partial charge in [0.25, 0.3) is 5.69 Å². The summed E-state index contributed by atoms with van der Waals surface area (Å²) in [6, 6.07) is 6.68. The van der Waals surface area contributed by atoms with Gasteiger partial charge >= 0.3 is 0 Å². The molecule has 2 aliphatic rings. The molecule has 2 aromatic rings. The summed E-state index contributed by atoms with van der Waals surface area (Å²) in [4.78, 5) is 12.9. The minimum Gasteiger partial charge on any atom is -0.497 e. The first-order valence-corrected chi connectivity index (χ1v) is 9.45. The predicted molar refractivity (Wildman–Crippen MR) is 113 cm³/mol. The van der Waals surface area contributed by atoms with Crippen molar-refractivity contribution in [3.8, 4) is 23.0 Å². The van der Waals surface area contributed by atoms with Gasteiger partial charge in [0, 0.05) is 36.4 Å². The van der Waals surface area contributed by atoms with Crippen LogP contribution in [-0.2, 0) is 5.41 Å². The molecule has 0 fully saturated rings. The Hall–Kier alpha value is -3.42. The summed E-state index contributed by atoms with van der Waals surface area (Å²) in [5.74, 6) is 2.16. The van der Waals surface area contributed by atoms with Crippen molar-refractivity contribution in [3.05, 3.63) is 51.6 Å². The lowest BCUT2D eigenvalue weighted by atomic mass is 9.76. The zero-order valence-electron chi connectivity index (χ0n) is 17.8. The summed E-state index contributed by atoms with van der Waals surface area (Å²) in [5.41, 5.74) is 1.02. The number of hydrogen-bond acceptors (Lipinski definition) is 7. The Labute approximate surface area is 174 Å². The molecular formula is C22H24N2O6. The van der Waals surface area contributed by atoms with Gasteiger partial charge in [-0.05, 0) is 26.0 Å². The van der Waals surface area contributed by atoms with Gasteiger partial charge in [-0.3, -0.25) is 10.1 Å². The van der Waals surface area contributed by atoms with Crippen molar-refractivity contribution in [1.82, 2.24) is 0 Å². The van der Waals surface area contributed by atoms with Gasteiger partial charge in [0.15, 0.2) is 11.5 Å². The number of ether oxygens (including phenoxy) is 4. The average molecular weight is 412 g/mol. The Balaban J connectivity index is 1.91. The number of likely N-dealkylation sites (N-methyl/N-ethyl adjacent to an activating group) is 1. The Morgan fingerprint density at radius 1 is 1.03 bits per heavy atom. The highest BCUT2D eigenvalue weighted by atomic mass is 16.6. The van der Waals surface area contributed by atoms with E-state index in [4.69, 9.17) is 18.9 Å². The van der Waals surface area contributed by atoms with Crippen LogP contribution in [0.25, 0.3) is 6.08 Å². The van der Waals surface area contributed by atoms with E-state index < -0.39 is 16.1 Å². The Morgan fingerprint density at radius 3 is 2.33 bits per heavy atom. The van der Waals surface area contributed by atoms with E-state index in [-0.39, 0.29) is 5.69 Å². The van der Waals surface area contributed by atoms with Crippen LogP contribution in [0, 0.1) is 10.1 Å². The van der Waals surface area contributed by atoms with E-state index in [2.05, 4.69) is 13.8 Å². The molecule has 4 rings (SSSR count). The minimum atomic E-state index is -0.897. The van der Waals surface area contributed by atoms with E-state index in [1.165, 1.54) is 19.2 Å². The molecule has 0 radical (unpaired) electrons. The molecule has 30 heavy (non-hydrogen) atoms. The SMILES string of the molecule is COc1cc(OC)c2c(c1)N(C)C1(C=Cc3cc([N+](=O)[O-])cc(OC)c3O1)C2(C)C. The van der Waals surface area contributed by atoms with E-state index in [1.54, 1.807) is 14.2 Å². The molecule has 8 heteroatoms. The van der Waals surface area contributed by atoms with Crippen LogP contribution < -0.4 is 23.8 Å². The maximum Gasteiger partial charge on any atom is 0.274 e. The predicted octanol–water partition coefficient (Wildman–Crippen LogP) is 4.15. The van der Waals surface area contributed by atoms with Gasteiger partial charge in [0.05, 0.1) is 43.4 Å². The third-order valence-electron chi connectivity index (χ3n) is 6.14. The molecule has 2 heterocycles. The largest absolute Gasteiger partial charge is 0.497 e. The molecule has 8 nitrogen and oxygen atoms in total. The van der Waals surface area contributed by atoms with Crippen molar-refractivity contribution in [2.24, 2.45) is 0 Å². The molecule has 0 aliphatic carbocycles. The Bertz CT molecular complexity index is 1080.